The molecule has 0 amide bonds. The molecule has 0 fully saturated rings. The maximum Gasteiger partial charge on any atom is 0.337 e. The van der Waals surface area contributed by atoms with E-state index < -0.39 is 34.5 Å². The second-order valence-electron chi connectivity index (χ2n) is 8.95. The number of nitrogens with zero attached hydrogens (tertiary/aromatic N) is 1. The number of methoxy groups -OCH3 is 1. The Balaban J connectivity index is 1.80. The molecule has 3 atom stereocenters. The van der Waals surface area contributed by atoms with E-state index in [0.717, 1.165) is 5.56 Å². The SMILES string of the molecule is COC(=O)C1C(=O)C2=C(CC1C)NC(C)=C(C(=O)OCc1ccccc1)C2c1cccc([N+](=O)[O-])c1. The predicted octanol–water partition coefficient (Wildman–Crippen LogP) is 3.95. The van der Waals surface area contributed by atoms with Gasteiger partial charge in [-0.2, -0.15) is 0 Å². The monoisotopic (exact) mass is 490 g/mol. The number of hydrogen-bond acceptors (Lipinski definition) is 8. The normalized spacial score (nSPS) is 21.4. The minimum Gasteiger partial charge on any atom is -0.468 e. The summed E-state index contributed by atoms with van der Waals surface area (Å²) in [6, 6.07) is 15.0. The molecule has 3 unspecified atom stereocenters. The van der Waals surface area contributed by atoms with Gasteiger partial charge in [0.15, 0.2) is 5.78 Å². The zero-order valence-corrected chi connectivity index (χ0v) is 20.1. The lowest BCUT2D eigenvalue weighted by Gasteiger charge is -2.38. The van der Waals surface area contributed by atoms with Crippen LogP contribution in [0.3, 0.4) is 0 Å². The maximum absolute atomic E-state index is 13.7. The number of rotatable bonds is 6. The molecule has 36 heavy (non-hydrogen) atoms. The maximum atomic E-state index is 13.7. The molecule has 9 heteroatoms. The average molecular weight is 491 g/mol. The Labute approximate surface area is 207 Å². The smallest absolute Gasteiger partial charge is 0.337 e. The van der Waals surface area contributed by atoms with Crippen LogP contribution in [-0.2, 0) is 30.5 Å². The van der Waals surface area contributed by atoms with Crippen molar-refractivity contribution >= 4 is 23.4 Å². The molecule has 1 heterocycles. The summed E-state index contributed by atoms with van der Waals surface area (Å²) in [4.78, 5) is 50.6. The summed E-state index contributed by atoms with van der Waals surface area (Å²) < 4.78 is 10.5. The summed E-state index contributed by atoms with van der Waals surface area (Å²) in [5, 5.41) is 14.7. The van der Waals surface area contributed by atoms with Crippen molar-refractivity contribution in [3.05, 3.63) is 98.4 Å². The molecular formula is C27H26N2O7. The predicted molar refractivity (Wildman–Crippen MR) is 129 cm³/mol. The number of ketones is 1. The number of nitro benzene ring substituents is 1. The molecule has 186 valence electrons. The second kappa shape index (κ2) is 10.2. The van der Waals surface area contributed by atoms with Crippen LogP contribution in [0.5, 0.6) is 0 Å². The molecule has 0 aromatic heterocycles. The number of allylic oxidation sites excluding steroid dienone is 3. The largest absolute Gasteiger partial charge is 0.468 e. The number of carbonyl (C=O) groups excluding carboxylic acids is 3. The lowest BCUT2D eigenvalue weighted by Crippen LogP contribution is -2.43. The van der Waals surface area contributed by atoms with E-state index in [1.165, 1.54) is 25.3 Å². The minimum atomic E-state index is -1.04. The van der Waals surface area contributed by atoms with E-state index in [9.17, 15) is 24.5 Å². The van der Waals surface area contributed by atoms with Crippen molar-refractivity contribution in [1.82, 2.24) is 5.32 Å². The Morgan fingerprint density at radius 3 is 2.53 bits per heavy atom. The molecule has 2 aromatic rings. The van der Waals surface area contributed by atoms with Crippen molar-refractivity contribution < 1.29 is 28.8 Å². The molecule has 2 aliphatic rings. The van der Waals surface area contributed by atoms with Crippen LogP contribution < -0.4 is 5.32 Å². The van der Waals surface area contributed by atoms with E-state index in [1.54, 1.807) is 19.9 Å². The van der Waals surface area contributed by atoms with Gasteiger partial charge < -0.3 is 14.8 Å². The molecule has 0 radical (unpaired) electrons. The highest BCUT2D eigenvalue weighted by molar-refractivity contribution is 6.12. The number of carbonyl (C=O) groups is 3. The van der Waals surface area contributed by atoms with Gasteiger partial charge in [-0.25, -0.2) is 4.79 Å². The molecule has 9 nitrogen and oxygen atoms in total. The molecule has 2 aromatic carbocycles. The van der Waals surface area contributed by atoms with E-state index in [2.05, 4.69) is 5.32 Å². The van der Waals surface area contributed by atoms with Crippen LogP contribution in [0.4, 0.5) is 5.69 Å². The third-order valence-electron chi connectivity index (χ3n) is 6.59. The first-order chi connectivity index (χ1) is 17.2. The van der Waals surface area contributed by atoms with Gasteiger partial charge in [0.25, 0.3) is 5.69 Å². The van der Waals surface area contributed by atoms with Gasteiger partial charge in [0, 0.05) is 35.0 Å². The summed E-state index contributed by atoms with van der Waals surface area (Å²) in [7, 11) is 1.22. The minimum absolute atomic E-state index is 0.0137. The van der Waals surface area contributed by atoms with Gasteiger partial charge in [-0.05, 0) is 30.4 Å². The number of benzene rings is 2. The first-order valence-electron chi connectivity index (χ1n) is 11.5. The van der Waals surface area contributed by atoms with Gasteiger partial charge in [-0.3, -0.25) is 19.7 Å². The number of Topliss-reactive ketones (excluding diaryl/α,β-unsaturated/α-hetero) is 1. The summed E-state index contributed by atoms with van der Waals surface area (Å²) in [5.74, 6) is -4.11. The second-order valence-corrected chi connectivity index (χ2v) is 8.95. The zero-order valence-electron chi connectivity index (χ0n) is 20.1. The topological polar surface area (TPSA) is 125 Å². The number of hydrogen-bond donors (Lipinski definition) is 1. The van der Waals surface area contributed by atoms with Gasteiger partial charge in [0.1, 0.15) is 12.5 Å². The summed E-state index contributed by atoms with van der Waals surface area (Å²) in [6.45, 7) is 3.50. The Kier molecular flexibility index (Phi) is 7.00. The highest BCUT2D eigenvalue weighted by atomic mass is 16.6. The third kappa shape index (κ3) is 4.64. The third-order valence-corrected chi connectivity index (χ3v) is 6.59. The first-order valence-corrected chi connectivity index (χ1v) is 11.5. The Morgan fingerprint density at radius 1 is 1.14 bits per heavy atom. The number of nitrogens with one attached hydrogen (secondary N) is 1. The number of nitro groups is 1. The number of dihydropyridines is 1. The van der Waals surface area contributed by atoms with E-state index >= 15 is 0 Å². The molecular weight excluding hydrogens is 464 g/mol. The van der Waals surface area contributed by atoms with Crippen molar-refractivity contribution in [2.75, 3.05) is 7.11 Å². The van der Waals surface area contributed by atoms with Crippen molar-refractivity contribution in [2.45, 2.75) is 32.8 Å². The van der Waals surface area contributed by atoms with Gasteiger partial charge >= 0.3 is 11.9 Å². The first kappa shape index (κ1) is 24.8. The van der Waals surface area contributed by atoms with Crippen LogP contribution in [0.15, 0.2) is 77.1 Å². The van der Waals surface area contributed by atoms with Gasteiger partial charge in [0.05, 0.1) is 17.6 Å². The highest BCUT2D eigenvalue weighted by Gasteiger charge is 2.47. The van der Waals surface area contributed by atoms with E-state index in [1.807, 2.05) is 30.3 Å². The molecule has 4 rings (SSSR count). The fraction of sp³-hybridized carbons (Fsp3) is 0.296. The van der Waals surface area contributed by atoms with Gasteiger partial charge in [-0.1, -0.05) is 49.4 Å². The lowest BCUT2D eigenvalue weighted by molar-refractivity contribution is -0.384. The molecule has 0 spiro atoms. The van der Waals surface area contributed by atoms with Crippen molar-refractivity contribution in [2.24, 2.45) is 11.8 Å². The van der Waals surface area contributed by atoms with Crippen LogP contribution in [0.1, 0.15) is 37.3 Å². The van der Waals surface area contributed by atoms with Crippen LogP contribution in [0.2, 0.25) is 0 Å². The van der Waals surface area contributed by atoms with Crippen LogP contribution in [-0.4, -0.2) is 29.8 Å². The number of non-ortho nitro benzene ring substituents is 1. The molecule has 1 aliphatic carbocycles. The molecule has 1 N–H and O–H groups in total. The Hall–Kier alpha value is -4.27. The number of ether oxygens (including phenoxy) is 2. The zero-order chi connectivity index (χ0) is 26.0. The lowest BCUT2D eigenvalue weighted by atomic mass is 9.69. The van der Waals surface area contributed by atoms with E-state index in [-0.39, 0.29) is 29.4 Å². The van der Waals surface area contributed by atoms with E-state index in [0.29, 0.717) is 23.4 Å². The van der Waals surface area contributed by atoms with Crippen molar-refractivity contribution in [3.63, 3.8) is 0 Å². The van der Waals surface area contributed by atoms with E-state index in [4.69, 9.17) is 9.47 Å². The van der Waals surface area contributed by atoms with Crippen LogP contribution in [0, 0.1) is 22.0 Å². The van der Waals surface area contributed by atoms with Gasteiger partial charge in [0.2, 0.25) is 0 Å². The van der Waals surface area contributed by atoms with Crippen LogP contribution in [0.25, 0.3) is 0 Å². The summed E-state index contributed by atoms with van der Waals surface area (Å²) in [5.41, 5.74) is 2.45. The number of esters is 2. The Bertz CT molecular complexity index is 1300. The summed E-state index contributed by atoms with van der Waals surface area (Å²) >= 11 is 0. The standard InChI is InChI=1S/C27H26N2O7/c1-15-12-20-24(25(30)21(15)26(31)35-3)23(18-10-7-11-19(13-18)29(33)34)22(16(2)28-20)27(32)36-14-17-8-5-4-6-9-17/h4-11,13,15,21,23,28H,12,14H2,1-3H3. The molecule has 1 aliphatic heterocycles. The fourth-order valence-electron chi connectivity index (χ4n) is 4.90. The van der Waals surface area contributed by atoms with Crippen LogP contribution >= 0.6 is 0 Å². The molecule has 0 saturated heterocycles. The average Bonchev–Trinajstić information content (AvgIpc) is 2.86. The molecule has 0 bridgehead atoms. The van der Waals surface area contributed by atoms with Gasteiger partial charge in [-0.15, -0.1) is 0 Å². The Morgan fingerprint density at radius 2 is 1.86 bits per heavy atom. The molecule has 0 saturated carbocycles. The van der Waals surface area contributed by atoms with Crippen molar-refractivity contribution in [1.29, 1.82) is 0 Å². The fourth-order valence-corrected chi connectivity index (χ4v) is 4.90. The highest BCUT2D eigenvalue weighted by Crippen LogP contribution is 2.46. The van der Waals surface area contributed by atoms with Crippen molar-refractivity contribution in [3.8, 4) is 0 Å². The summed E-state index contributed by atoms with van der Waals surface area (Å²) in [6.07, 6.45) is 0.371. The quantitative estimate of drug-likeness (QED) is 0.279.